The second-order valence-corrected chi connectivity index (χ2v) is 6.04. The zero-order chi connectivity index (χ0) is 17.6. The zero-order valence-corrected chi connectivity index (χ0v) is 14.3. The summed E-state index contributed by atoms with van der Waals surface area (Å²) in [7, 11) is 0. The molecule has 0 saturated heterocycles. The average Bonchev–Trinajstić information content (AvgIpc) is 3.11. The molecule has 2 aromatic heterocycles. The highest BCUT2D eigenvalue weighted by atomic mass is 15.3. The van der Waals surface area contributed by atoms with Gasteiger partial charge in [0.25, 0.3) is 0 Å². The molecule has 0 unspecified atom stereocenters. The van der Waals surface area contributed by atoms with Crippen molar-refractivity contribution in [1.29, 1.82) is 0 Å². The van der Waals surface area contributed by atoms with Gasteiger partial charge in [0, 0.05) is 30.2 Å². The van der Waals surface area contributed by atoms with Gasteiger partial charge >= 0.3 is 0 Å². The fraction of sp³-hybridized carbons (Fsp3) is 0.150. The summed E-state index contributed by atoms with van der Waals surface area (Å²) in [5, 5.41) is 15.8. The first-order valence-electron chi connectivity index (χ1n) is 8.65. The van der Waals surface area contributed by atoms with E-state index in [-0.39, 0.29) is 0 Å². The molecule has 0 radical (unpaired) electrons. The van der Waals surface area contributed by atoms with E-state index in [1.807, 2.05) is 24.3 Å². The summed E-state index contributed by atoms with van der Waals surface area (Å²) in [6, 6.07) is 18.5. The molecule has 0 aliphatic heterocycles. The van der Waals surface area contributed by atoms with Gasteiger partial charge in [-0.05, 0) is 23.6 Å². The lowest BCUT2D eigenvalue weighted by atomic mass is 10.1. The van der Waals surface area contributed by atoms with E-state index in [2.05, 4.69) is 67.3 Å². The Bertz CT molecular complexity index is 980. The van der Waals surface area contributed by atoms with Crippen LogP contribution in [0.2, 0.25) is 0 Å². The van der Waals surface area contributed by atoms with E-state index < -0.39 is 0 Å². The average molecular weight is 344 g/mol. The number of nitrogens with zero attached hydrogens (tertiary/aromatic N) is 3. The van der Waals surface area contributed by atoms with Crippen LogP contribution in [0.4, 0.5) is 11.8 Å². The number of hydrogen-bond acceptors (Lipinski definition) is 5. The molecule has 0 fully saturated rings. The molecule has 0 aliphatic rings. The maximum Gasteiger partial charge on any atom is 0.244 e. The first kappa shape index (κ1) is 16.1. The van der Waals surface area contributed by atoms with Crippen LogP contribution in [-0.4, -0.2) is 26.7 Å². The molecule has 130 valence electrons. The van der Waals surface area contributed by atoms with Crippen molar-refractivity contribution in [2.45, 2.75) is 13.0 Å². The number of fused-ring (bicyclic) bond motifs is 1. The topological polar surface area (TPSA) is 78.5 Å². The van der Waals surface area contributed by atoms with Gasteiger partial charge in [0.1, 0.15) is 0 Å². The highest BCUT2D eigenvalue weighted by Gasteiger charge is 2.04. The van der Waals surface area contributed by atoms with E-state index >= 15 is 0 Å². The zero-order valence-electron chi connectivity index (χ0n) is 14.3. The normalized spacial score (nSPS) is 10.8. The number of H-pyrrole nitrogens is 1. The maximum atomic E-state index is 4.47. The Hall–Kier alpha value is -3.41. The standard InChI is InChI=1S/C20H20N6/c1-2-6-15(7-3-1)12-23-19-14-24-26-20(25-19)21-11-10-16-13-22-18-9-5-4-8-17(16)18/h1-9,13-14,22H,10-12H2,(H2,21,23,25,26). The highest BCUT2D eigenvalue weighted by Crippen LogP contribution is 2.18. The van der Waals surface area contributed by atoms with Crippen LogP contribution >= 0.6 is 0 Å². The Balaban J connectivity index is 1.33. The van der Waals surface area contributed by atoms with Crippen molar-refractivity contribution in [3.8, 4) is 0 Å². The molecule has 0 bridgehead atoms. The van der Waals surface area contributed by atoms with Crippen molar-refractivity contribution in [2.24, 2.45) is 0 Å². The lowest BCUT2D eigenvalue weighted by Gasteiger charge is -2.07. The Morgan fingerprint density at radius 3 is 2.69 bits per heavy atom. The number of aromatic nitrogens is 4. The lowest BCUT2D eigenvalue weighted by Crippen LogP contribution is -2.10. The summed E-state index contributed by atoms with van der Waals surface area (Å²) in [6.07, 6.45) is 4.58. The molecule has 0 saturated carbocycles. The van der Waals surface area contributed by atoms with Crippen LogP contribution in [0, 0.1) is 0 Å². The monoisotopic (exact) mass is 344 g/mol. The van der Waals surface area contributed by atoms with Gasteiger partial charge in [0.15, 0.2) is 5.82 Å². The second kappa shape index (κ2) is 7.65. The Morgan fingerprint density at radius 2 is 1.77 bits per heavy atom. The summed E-state index contributed by atoms with van der Waals surface area (Å²) in [4.78, 5) is 7.76. The van der Waals surface area contributed by atoms with Gasteiger partial charge in [-0.1, -0.05) is 48.5 Å². The minimum atomic E-state index is 0.530. The minimum absolute atomic E-state index is 0.530. The van der Waals surface area contributed by atoms with Crippen molar-refractivity contribution in [2.75, 3.05) is 17.2 Å². The number of rotatable bonds is 7. The molecular formula is C20H20N6. The second-order valence-electron chi connectivity index (χ2n) is 6.04. The molecule has 2 heterocycles. The first-order valence-corrected chi connectivity index (χ1v) is 8.65. The van der Waals surface area contributed by atoms with Crippen LogP contribution in [0.5, 0.6) is 0 Å². The van der Waals surface area contributed by atoms with Crippen molar-refractivity contribution >= 4 is 22.7 Å². The summed E-state index contributed by atoms with van der Waals surface area (Å²) >= 11 is 0. The number of para-hydroxylation sites is 1. The van der Waals surface area contributed by atoms with Crippen LogP contribution in [0.1, 0.15) is 11.1 Å². The van der Waals surface area contributed by atoms with E-state index in [1.54, 1.807) is 6.20 Å². The first-order chi connectivity index (χ1) is 12.9. The molecule has 0 atom stereocenters. The molecule has 4 rings (SSSR count). The van der Waals surface area contributed by atoms with E-state index in [9.17, 15) is 0 Å². The SMILES string of the molecule is c1ccc(CNc2cnnc(NCCc3c[nH]c4ccccc34)n2)cc1. The molecule has 6 nitrogen and oxygen atoms in total. The van der Waals surface area contributed by atoms with Gasteiger partial charge in [0.05, 0.1) is 6.20 Å². The van der Waals surface area contributed by atoms with Crippen LogP contribution < -0.4 is 10.6 Å². The molecule has 3 N–H and O–H groups in total. The molecule has 0 spiro atoms. The molecule has 0 aliphatic carbocycles. The molecule has 26 heavy (non-hydrogen) atoms. The number of anilines is 2. The number of aromatic amines is 1. The van der Waals surface area contributed by atoms with Gasteiger partial charge in [-0.15, -0.1) is 5.10 Å². The maximum absolute atomic E-state index is 4.47. The number of nitrogens with one attached hydrogen (secondary N) is 3. The molecular weight excluding hydrogens is 324 g/mol. The van der Waals surface area contributed by atoms with Crippen LogP contribution in [0.25, 0.3) is 10.9 Å². The Labute approximate surface area is 151 Å². The largest absolute Gasteiger partial charge is 0.365 e. The smallest absolute Gasteiger partial charge is 0.244 e. The third-order valence-electron chi connectivity index (χ3n) is 4.23. The lowest BCUT2D eigenvalue weighted by molar-refractivity contribution is 0.923. The Kier molecular flexibility index (Phi) is 4.73. The third kappa shape index (κ3) is 3.80. The van der Waals surface area contributed by atoms with Crippen LogP contribution in [0.15, 0.2) is 67.0 Å². The van der Waals surface area contributed by atoms with Crippen molar-refractivity contribution in [1.82, 2.24) is 20.2 Å². The van der Waals surface area contributed by atoms with E-state index in [1.165, 1.54) is 16.5 Å². The van der Waals surface area contributed by atoms with Gasteiger partial charge < -0.3 is 15.6 Å². The summed E-state index contributed by atoms with van der Waals surface area (Å²) in [5.74, 6) is 1.24. The predicted molar refractivity (Wildman–Crippen MR) is 104 cm³/mol. The summed E-state index contributed by atoms with van der Waals surface area (Å²) in [5.41, 5.74) is 3.63. The van der Waals surface area contributed by atoms with Gasteiger partial charge in [0.2, 0.25) is 5.95 Å². The predicted octanol–water partition coefficient (Wildman–Crippen LogP) is 3.62. The van der Waals surface area contributed by atoms with Gasteiger partial charge in [-0.25, -0.2) is 0 Å². The summed E-state index contributed by atoms with van der Waals surface area (Å²) < 4.78 is 0. The van der Waals surface area contributed by atoms with Gasteiger partial charge in [-0.3, -0.25) is 0 Å². The minimum Gasteiger partial charge on any atom is -0.365 e. The van der Waals surface area contributed by atoms with Crippen molar-refractivity contribution in [3.63, 3.8) is 0 Å². The van der Waals surface area contributed by atoms with Crippen LogP contribution in [0.3, 0.4) is 0 Å². The quantitative estimate of drug-likeness (QED) is 0.477. The molecule has 0 amide bonds. The van der Waals surface area contributed by atoms with E-state index in [0.717, 1.165) is 18.5 Å². The number of hydrogen-bond donors (Lipinski definition) is 3. The van der Waals surface area contributed by atoms with E-state index in [4.69, 9.17) is 0 Å². The summed E-state index contributed by atoms with van der Waals surface area (Å²) in [6.45, 7) is 1.44. The van der Waals surface area contributed by atoms with E-state index in [0.29, 0.717) is 18.3 Å². The highest BCUT2D eigenvalue weighted by molar-refractivity contribution is 5.83. The molecule has 6 heteroatoms. The van der Waals surface area contributed by atoms with Crippen molar-refractivity contribution in [3.05, 3.63) is 78.1 Å². The fourth-order valence-electron chi connectivity index (χ4n) is 2.90. The van der Waals surface area contributed by atoms with Crippen molar-refractivity contribution < 1.29 is 0 Å². The molecule has 2 aromatic carbocycles. The number of benzene rings is 2. The van der Waals surface area contributed by atoms with Crippen LogP contribution in [-0.2, 0) is 13.0 Å². The fourth-order valence-corrected chi connectivity index (χ4v) is 2.90. The van der Waals surface area contributed by atoms with Gasteiger partial charge in [-0.2, -0.15) is 10.1 Å². The molecule has 4 aromatic rings. The third-order valence-corrected chi connectivity index (χ3v) is 4.23. The Morgan fingerprint density at radius 1 is 0.923 bits per heavy atom.